The molecule has 4 aromatic rings. The van der Waals surface area contributed by atoms with Crippen LogP contribution in [0.15, 0.2) is 89.5 Å². The topological polar surface area (TPSA) is 55.1 Å². The fourth-order valence-electron chi connectivity index (χ4n) is 2.87. The first-order valence-electron chi connectivity index (χ1n) is 8.69. The van der Waals surface area contributed by atoms with Crippen LogP contribution >= 0.6 is 0 Å². The Balaban J connectivity index is 1.55. The Bertz CT molecular complexity index is 1070. The maximum atomic E-state index is 12.3. The molecular weight excluding hydrogens is 336 g/mol. The van der Waals surface area contributed by atoms with Crippen LogP contribution in [-0.2, 0) is 0 Å². The number of nitrogens with one attached hydrogen (secondary N) is 1. The lowest BCUT2D eigenvalue weighted by Gasteiger charge is -2.09. The van der Waals surface area contributed by atoms with Crippen molar-refractivity contribution in [1.82, 2.24) is 4.98 Å². The summed E-state index contributed by atoms with van der Waals surface area (Å²) >= 11 is 0. The van der Waals surface area contributed by atoms with E-state index in [9.17, 15) is 4.79 Å². The van der Waals surface area contributed by atoms with Gasteiger partial charge >= 0.3 is 0 Å². The average molecular weight is 354 g/mol. The molecule has 0 saturated carbocycles. The number of carbonyl (C=O) groups excluding carboxylic acids is 1. The lowest BCUT2D eigenvalue weighted by Crippen LogP contribution is -2.12. The third kappa shape index (κ3) is 3.65. The summed E-state index contributed by atoms with van der Waals surface area (Å²) < 4.78 is 5.65. The minimum Gasteiger partial charge on any atom is -0.444 e. The summed E-state index contributed by atoms with van der Waals surface area (Å²) in [6.07, 6.45) is 1.66. The molecule has 1 amide bonds. The van der Waals surface area contributed by atoms with Crippen LogP contribution in [-0.4, -0.2) is 10.9 Å². The Morgan fingerprint density at radius 1 is 0.889 bits per heavy atom. The van der Waals surface area contributed by atoms with E-state index in [1.165, 1.54) is 0 Å². The number of nitrogens with zero attached hydrogens (tertiary/aromatic N) is 1. The predicted molar refractivity (Wildman–Crippen MR) is 107 cm³/mol. The highest BCUT2D eigenvalue weighted by atomic mass is 16.3. The highest BCUT2D eigenvalue weighted by molar-refractivity contribution is 6.04. The molecule has 0 fully saturated rings. The van der Waals surface area contributed by atoms with Crippen molar-refractivity contribution in [2.75, 3.05) is 5.32 Å². The molecule has 0 spiro atoms. The molecule has 0 radical (unpaired) electrons. The van der Waals surface area contributed by atoms with E-state index in [4.69, 9.17) is 4.42 Å². The molecular formula is C23H18N2O2. The summed E-state index contributed by atoms with van der Waals surface area (Å²) in [5, 5.41) is 2.95. The minimum absolute atomic E-state index is 0.131. The number of aromatic nitrogens is 1. The first kappa shape index (κ1) is 16.8. The molecule has 4 nitrogen and oxygen atoms in total. The van der Waals surface area contributed by atoms with Gasteiger partial charge in [-0.15, -0.1) is 0 Å². The van der Waals surface area contributed by atoms with Gasteiger partial charge in [0, 0.05) is 22.4 Å². The van der Waals surface area contributed by atoms with E-state index >= 15 is 0 Å². The number of oxazole rings is 1. The van der Waals surface area contributed by atoms with Crippen molar-refractivity contribution in [1.29, 1.82) is 0 Å². The van der Waals surface area contributed by atoms with Gasteiger partial charge < -0.3 is 9.73 Å². The van der Waals surface area contributed by atoms with Crippen LogP contribution in [0.2, 0.25) is 0 Å². The molecule has 0 atom stereocenters. The number of carbonyl (C=O) groups is 1. The second kappa shape index (κ2) is 7.30. The van der Waals surface area contributed by atoms with Gasteiger partial charge in [-0.1, -0.05) is 48.5 Å². The fraction of sp³-hybridized carbons (Fsp3) is 0.0435. The van der Waals surface area contributed by atoms with Crippen LogP contribution in [0, 0.1) is 6.92 Å². The second-order valence-corrected chi connectivity index (χ2v) is 6.25. The van der Waals surface area contributed by atoms with Gasteiger partial charge in [0.25, 0.3) is 5.91 Å². The van der Waals surface area contributed by atoms with E-state index in [1.807, 2.05) is 73.7 Å². The largest absolute Gasteiger partial charge is 0.444 e. The zero-order valence-electron chi connectivity index (χ0n) is 14.8. The van der Waals surface area contributed by atoms with Crippen LogP contribution in [0.4, 0.5) is 5.69 Å². The summed E-state index contributed by atoms with van der Waals surface area (Å²) in [7, 11) is 0. The number of hydrogen-bond donors (Lipinski definition) is 1. The summed E-state index contributed by atoms with van der Waals surface area (Å²) in [5.41, 5.74) is 5.01. The van der Waals surface area contributed by atoms with Crippen molar-refractivity contribution < 1.29 is 9.21 Å². The lowest BCUT2D eigenvalue weighted by molar-refractivity contribution is 0.102. The van der Waals surface area contributed by atoms with Crippen LogP contribution in [0.1, 0.15) is 15.9 Å². The molecule has 27 heavy (non-hydrogen) atoms. The minimum atomic E-state index is -0.131. The summed E-state index contributed by atoms with van der Waals surface area (Å²) in [6, 6.07) is 24.8. The quantitative estimate of drug-likeness (QED) is 0.521. The smallest absolute Gasteiger partial charge is 0.255 e. The molecule has 3 aromatic carbocycles. The standard InChI is InChI=1S/C23H18N2O2/c1-16-14-19(23-25-21(15-27-23)17-8-4-2-5-9-17)12-13-20(16)24-22(26)18-10-6-3-7-11-18/h2-15H,1H3,(H,24,26). The Kier molecular flexibility index (Phi) is 4.54. The summed E-state index contributed by atoms with van der Waals surface area (Å²) in [5.74, 6) is 0.423. The number of hydrogen-bond acceptors (Lipinski definition) is 3. The Morgan fingerprint density at radius 2 is 1.59 bits per heavy atom. The molecule has 0 bridgehead atoms. The Morgan fingerprint density at radius 3 is 2.30 bits per heavy atom. The first-order valence-corrected chi connectivity index (χ1v) is 8.69. The predicted octanol–water partition coefficient (Wildman–Crippen LogP) is 5.57. The highest BCUT2D eigenvalue weighted by Crippen LogP contribution is 2.27. The van der Waals surface area contributed by atoms with E-state index in [1.54, 1.807) is 18.4 Å². The molecule has 1 heterocycles. The molecule has 132 valence electrons. The van der Waals surface area contributed by atoms with E-state index in [-0.39, 0.29) is 5.91 Å². The van der Waals surface area contributed by atoms with Crippen LogP contribution in [0.3, 0.4) is 0 Å². The molecule has 0 aliphatic carbocycles. The molecule has 1 aromatic heterocycles. The number of anilines is 1. The number of aryl methyl sites for hydroxylation is 1. The van der Waals surface area contributed by atoms with Crippen molar-refractivity contribution in [2.45, 2.75) is 6.92 Å². The van der Waals surface area contributed by atoms with Crippen molar-refractivity contribution >= 4 is 11.6 Å². The third-order valence-corrected chi connectivity index (χ3v) is 4.33. The monoisotopic (exact) mass is 354 g/mol. The second-order valence-electron chi connectivity index (χ2n) is 6.25. The molecule has 0 aliphatic heterocycles. The Labute approximate surface area is 157 Å². The van der Waals surface area contributed by atoms with Crippen LogP contribution in [0.25, 0.3) is 22.7 Å². The van der Waals surface area contributed by atoms with Gasteiger partial charge in [-0.3, -0.25) is 4.79 Å². The zero-order chi connectivity index (χ0) is 18.6. The fourth-order valence-corrected chi connectivity index (χ4v) is 2.87. The van der Waals surface area contributed by atoms with Crippen LogP contribution in [0.5, 0.6) is 0 Å². The normalized spacial score (nSPS) is 10.6. The summed E-state index contributed by atoms with van der Waals surface area (Å²) in [6.45, 7) is 1.95. The highest BCUT2D eigenvalue weighted by Gasteiger charge is 2.11. The first-order chi connectivity index (χ1) is 13.2. The van der Waals surface area contributed by atoms with E-state index < -0.39 is 0 Å². The molecule has 0 unspecified atom stereocenters. The van der Waals surface area contributed by atoms with Crippen molar-refractivity contribution in [3.63, 3.8) is 0 Å². The average Bonchev–Trinajstić information content (AvgIpc) is 3.21. The van der Waals surface area contributed by atoms with Gasteiger partial charge in [-0.05, 0) is 42.8 Å². The number of rotatable bonds is 4. The molecule has 0 aliphatic rings. The van der Waals surface area contributed by atoms with Gasteiger partial charge in [0.2, 0.25) is 5.89 Å². The van der Waals surface area contributed by atoms with E-state index in [0.717, 1.165) is 28.1 Å². The van der Waals surface area contributed by atoms with Gasteiger partial charge in [0.05, 0.1) is 0 Å². The van der Waals surface area contributed by atoms with Crippen molar-refractivity contribution in [3.8, 4) is 22.7 Å². The van der Waals surface area contributed by atoms with E-state index in [2.05, 4.69) is 10.3 Å². The molecule has 1 N–H and O–H groups in total. The zero-order valence-corrected chi connectivity index (χ0v) is 14.8. The third-order valence-electron chi connectivity index (χ3n) is 4.33. The number of benzene rings is 3. The van der Waals surface area contributed by atoms with Crippen molar-refractivity contribution in [3.05, 3.63) is 96.3 Å². The van der Waals surface area contributed by atoms with Gasteiger partial charge in [0.1, 0.15) is 12.0 Å². The Hall–Kier alpha value is -3.66. The van der Waals surface area contributed by atoms with Gasteiger partial charge in [0.15, 0.2) is 0 Å². The SMILES string of the molecule is Cc1cc(-c2nc(-c3ccccc3)co2)ccc1NC(=O)c1ccccc1. The maximum Gasteiger partial charge on any atom is 0.255 e. The number of amides is 1. The lowest BCUT2D eigenvalue weighted by atomic mass is 10.1. The summed E-state index contributed by atoms with van der Waals surface area (Å²) in [4.78, 5) is 16.9. The van der Waals surface area contributed by atoms with E-state index in [0.29, 0.717) is 11.5 Å². The molecule has 0 saturated heterocycles. The van der Waals surface area contributed by atoms with Crippen molar-refractivity contribution in [2.24, 2.45) is 0 Å². The molecule has 4 rings (SSSR count). The van der Waals surface area contributed by atoms with Gasteiger partial charge in [-0.2, -0.15) is 0 Å². The molecule has 4 heteroatoms. The van der Waals surface area contributed by atoms with Gasteiger partial charge in [-0.25, -0.2) is 4.98 Å². The maximum absolute atomic E-state index is 12.3. The van der Waals surface area contributed by atoms with Crippen LogP contribution < -0.4 is 5.32 Å².